The monoisotopic (exact) mass is 302 g/mol. The topological polar surface area (TPSA) is 67.4 Å². The number of rotatable bonds is 4. The molecule has 1 aliphatic carbocycles. The number of anilines is 1. The number of nitrogens with zero attached hydrogens (tertiary/aromatic N) is 3. The number of hydrogen-bond acceptors (Lipinski definition) is 5. The van der Waals surface area contributed by atoms with Crippen molar-refractivity contribution in [1.82, 2.24) is 15.3 Å². The second-order valence-electron chi connectivity index (χ2n) is 6.63. The first-order chi connectivity index (χ1) is 10.8. The van der Waals surface area contributed by atoms with Crippen molar-refractivity contribution in [2.24, 2.45) is 11.8 Å². The van der Waals surface area contributed by atoms with Crippen molar-refractivity contribution in [3.8, 4) is 0 Å². The van der Waals surface area contributed by atoms with Crippen LogP contribution < -0.4 is 10.2 Å². The lowest BCUT2D eigenvalue weighted by molar-refractivity contribution is -0.132. The Morgan fingerprint density at radius 2 is 2.14 bits per heavy atom. The fraction of sp³-hybridized carbons (Fsp3) is 0.688. The molecule has 1 amide bonds. The SMILES string of the molecule is O=C(NCC1CC1)[C@@H]1C[C@@H]2CCN(c3ncccn3)C[C@@H]2O1. The summed E-state index contributed by atoms with van der Waals surface area (Å²) in [4.78, 5) is 23.0. The first kappa shape index (κ1) is 13.9. The van der Waals surface area contributed by atoms with E-state index in [1.54, 1.807) is 12.4 Å². The molecule has 2 aliphatic heterocycles. The Balaban J connectivity index is 1.34. The van der Waals surface area contributed by atoms with Crippen LogP contribution >= 0.6 is 0 Å². The van der Waals surface area contributed by atoms with Gasteiger partial charge in [-0.25, -0.2) is 9.97 Å². The van der Waals surface area contributed by atoms with Crippen LogP contribution in [0.3, 0.4) is 0 Å². The van der Waals surface area contributed by atoms with Crippen LogP contribution in [0, 0.1) is 11.8 Å². The van der Waals surface area contributed by atoms with E-state index in [0.29, 0.717) is 11.8 Å². The molecule has 0 spiro atoms. The summed E-state index contributed by atoms with van der Waals surface area (Å²) in [6.45, 7) is 2.53. The number of ether oxygens (including phenoxy) is 1. The number of piperidine rings is 1. The fourth-order valence-corrected chi connectivity index (χ4v) is 3.42. The summed E-state index contributed by atoms with van der Waals surface area (Å²) >= 11 is 0. The summed E-state index contributed by atoms with van der Waals surface area (Å²) in [7, 11) is 0. The largest absolute Gasteiger partial charge is 0.363 e. The zero-order valence-corrected chi connectivity index (χ0v) is 12.6. The van der Waals surface area contributed by atoms with Gasteiger partial charge in [0.15, 0.2) is 0 Å². The van der Waals surface area contributed by atoms with E-state index < -0.39 is 0 Å². The van der Waals surface area contributed by atoms with Gasteiger partial charge in [-0.15, -0.1) is 0 Å². The van der Waals surface area contributed by atoms with Gasteiger partial charge in [-0.2, -0.15) is 0 Å². The quantitative estimate of drug-likeness (QED) is 0.898. The number of amides is 1. The maximum atomic E-state index is 12.2. The normalized spacial score (nSPS) is 30.9. The Labute approximate surface area is 130 Å². The van der Waals surface area contributed by atoms with Crippen LogP contribution in [0.1, 0.15) is 25.7 Å². The van der Waals surface area contributed by atoms with E-state index in [0.717, 1.165) is 38.4 Å². The highest BCUT2D eigenvalue weighted by Crippen LogP contribution is 2.34. The smallest absolute Gasteiger partial charge is 0.249 e. The second-order valence-corrected chi connectivity index (χ2v) is 6.63. The predicted molar refractivity (Wildman–Crippen MR) is 81.4 cm³/mol. The molecule has 0 aromatic carbocycles. The molecule has 0 unspecified atom stereocenters. The molecule has 3 fully saturated rings. The summed E-state index contributed by atoms with van der Waals surface area (Å²) < 4.78 is 6.02. The first-order valence-electron chi connectivity index (χ1n) is 8.25. The lowest BCUT2D eigenvalue weighted by atomic mass is 9.92. The highest BCUT2D eigenvalue weighted by Gasteiger charge is 2.42. The van der Waals surface area contributed by atoms with Crippen molar-refractivity contribution in [2.75, 3.05) is 24.5 Å². The molecule has 3 heterocycles. The van der Waals surface area contributed by atoms with Crippen LogP contribution in [-0.2, 0) is 9.53 Å². The van der Waals surface area contributed by atoms with Gasteiger partial charge >= 0.3 is 0 Å². The lowest BCUT2D eigenvalue weighted by Crippen LogP contribution is -2.43. The van der Waals surface area contributed by atoms with Crippen molar-refractivity contribution in [3.63, 3.8) is 0 Å². The Bertz CT molecular complexity index is 534. The van der Waals surface area contributed by atoms with Gasteiger partial charge in [0.05, 0.1) is 6.10 Å². The summed E-state index contributed by atoms with van der Waals surface area (Å²) in [6, 6.07) is 1.82. The summed E-state index contributed by atoms with van der Waals surface area (Å²) in [5, 5.41) is 3.04. The number of nitrogens with one attached hydrogen (secondary N) is 1. The van der Waals surface area contributed by atoms with Crippen LogP contribution in [0.15, 0.2) is 18.5 Å². The lowest BCUT2D eigenvalue weighted by Gasteiger charge is -2.33. The fourth-order valence-electron chi connectivity index (χ4n) is 3.42. The molecule has 118 valence electrons. The van der Waals surface area contributed by atoms with Gasteiger partial charge in [0, 0.05) is 32.0 Å². The van der Waals surface area contributed by atoms with Crippen LogP contribution in [0.2, 0.25) is 0 Å². The van der Waals surface area contributed by atoms with E-state index in [-0.39, 0.29) is 18.1 Å². The van der Waals surface area contributed by atoms with Crippen molar-refractivity contribution < 1.29 is 9.53 Å². The maximum Gasteiger partial charge on any atom is 0.249 e. The molecule has 3 atom stereocenters. The molecule has 1 aromatic heterocycles. The third kappa shape index (κ3) is 2.92. The van der Waals surface area contributed by atoms with Crippen molar-refractivity contribution in [1.29, 1.82) is 0 Å². The minimum atomic E-state index is -0.273. The maximum absolute atomic E-state index is 12.2. The second kappa shape index (κ2) is 5.83. The number of aromatic nitrogens is 2. The molecule has 6 heteroatoms. The number of hydrogen-bond donors (Lipinski definition) is 1. The van der Waals surface area contributed by atoms with Gasteiger partial charge in [0.2, 0.25) is 11.9 Å². The molecule has 1 N–H and O–H groups in total. The summed E-state index contributed by atoms with van der Waals surface area (Å²) in [6.07, 6.45) is 7.77. The van der Waals surface area contributed by atoms with Gasteiger partial charge < -0.3 is 15.0 Å². The van der Waals surface area contributed by atoms with Gasteiger partial charge in [-0.05, 0) is 43.6 Å². The molecule has 0 radical (unpaired) electrons. The number of fused-ring (bicyclic) bond motifs is 1. The highest BCUT2D eigenvalue weighted by molar-refractivity contribution is 5.81. The number of carbonyl (C=O) groups is 1. The third-order valence-electron chi connectivity index (χ3n) is 4.94. The highest BCUT2D eigenvalue weighted by atomic mass is 16.5. The molecule has 22 heavy (non-hydrogen) atoms. The average Bonchev–Trinajstić information content (AvgIpc) is 3.29. The third-order valence-corrected chi connectivity index (χ3v) is 4.94. The first-order valence-corrected chi connectivity index (χ1v) is 8.25. The Morgan fingerprint density at radius 1 is 1.32 bits per heavy atom. The van der Waals surface area contributed by atoms with E-state index in [9.17, 15) is 4.79 Å². The molecule has 1 saturated carbocycles. The molecule has 1 aromatic rings. The van der Waals surface area contributed by atoms with Gasteiger partial charge in [0.25, 0.3) is 0 Å². The molecule has 3 aliphatic rings. The Kier molecular flexibility index (Phi) is 3.70. The van der Waals surface area contributed by atoms with Crippen LogP contribution in [-0.4, -0.2) is 47.7 Å². The summed E-state index contributed by atoms with van der Waals surface area (Å²) in [5.41, 5.74) is 0. The summed E-state index contributed by atoms with van der Waals surface area (Å²) in [5.74, 6) is 2.02. The molecule has 0 bridgehead atoms. The van der Waals surface area contributed by atoms with Crippen LogP contribution in [0.25, 0.3) is 0 Å². The van der Waals surface area contributed by atoms with Gasteiger partial charge in [-0.1, -0.05) is 0 Å². The zero-order valence-electron chi connectivity index (χ0n) is 12.6. The Hall–Kier alpha value is -1.69. The van der Waals surface area contributed by atoms with Crippen molar-refractivity contribution in [2.45, 2.75) is 37.9 Å². The van der Waals surface area contributed by atoms with Gasteiger partial charge in [-0.3, -0.25) is 4.79 Å². The average molecular weight is 302 g/mol. The van der Waals surface area contributed by atoms with E-state index in [2.05, 4.69) is 20.2 Å². The standard InChI is InChI=1S/C16H22N4O2/c21-15(19-9-11-2-3-11)13-8-12-4-7-20(10-14(12)22-13)16-17-5-1-6-18-16/h1,5-6,11-14H,2-4,7-10H2,(H,19,21)/t12-,13-,14-/m0/s1. The zero-order chi connectivity index (χ0) is 14.9. The van der Waals surface area contributed by atoms with Gasteiger partial charge in [0.1, 0.15) is 6.10 Å². The molecular formula is C16H22N4O2. The minimum absolute atomic E-state index is 0.0730. The van der Waals surface area contributed by atoms with E-state index >= 15 is 0 Å². The number of carbonyl (C=O) groups excluding carboxylic acids is 1. The van der Waals surface area contributed by atoms with Crippen LogP contribution in [0.5, 0.6) is 0 Å². The molecule has 2 saturated heterocycles. The van der Waals surface area contributed by atoms with E-state index in [1.807, 2.05) is 6.07 Å². The van der Waals surface area contributed by atoms with E-state index in [4.69, 9.17) is 4.74 Å². The predicted octanol–water partition coefficient (Wildman–Crippen LogP) is 0.987. The molecule has 6 nitrogen and oxygen atoms in total. The molecular weight excluding hydrogens is 280 g/mol. The Morgan fingerprint density at radius 3 is 2.91 bits per heavy atom. The van der Waals surface area contributed by atoms with Crippen molar-refractivity contribution >= 4 is 11.9 Å². The van der Waals surface area contributed by atoms with Crippen LogP contribution in [0.4, 0.5) is 5.95 Å². The van der Waals surface area contributed by atoms with E-state index in [1.165, 1.54) is 12.8 Å². The minimum Gasteiger partial charge on any atom is -0.363 e. The van der Waals surface area contributed by atoms with Crippen molar-refractivity contribution in [3.05, 3.63) is 18.5 Å². The molecule has 4 rings (SSSR count).